The summed E-state index contributed by atoms with van der Waals surface area (Å²) in [7, 11) is 0. The van der Waals surface area contributed by atoms with Crippen LogP contribution in [0.3, 0.4) is 0 Å². The highest BCUT2D eigenvalue weighted by Crippen LogP contribution is 2.43. The molecular weight excluding hydrogens is 559 g/mol. The SMILES string of the molecule is O=C1C2CCC(C(O)c3cc(C(F)(F)F)cc(C(F)(F)F)c3)N(Nc3ccccc3F)C2C(=O)N1c1ccccc1. The van der Waals surface area contributed by atoms with Crippen LogP contribution in [0.5, 0.6) is 0 Å². The number of carbonyl (C=O) groups excluding carboxylic acids is 2. The molecule has 3 aromatic rings. The monoisotopic (exact) mass is 581 g/mol. The molecule has 2 heterocycles. The highest BCUT2D eigenvalue weighted by atomic mass is 19.4. The number of imide groups is 1. The maximum Gasteiger partial charge on any atom is 0.416 e. The fourth-order valence-electron chi connectivity index (χ4n) is 5.36. The Balaban J connectivity index is 1.59. The number of rotatable bonds is 5. The molecule has 0 aromatic heterocycles. The van der Waals surface area contributed by atoms with Gasteiger partial charge in [0, 0.05) is 0 Å². The van der Waals surface area contributed by atoms with Gasteiger partial charge in [0.1, 0.15) is 11.9 Å². The number of nitrogens with one attached hydrogen (secondary N) is 1. The first-order chi connectivity index (χ1) is 19.3. The number of anilines is 2. The number of amides is 2. The zero-order valence-electron chi connectivity index (χ0n) is 21.0. The molecule has 0 aliphatic carbocycles. The van der Waals surface area contributed by atoms with Crippen molar-refractivity contribution in [1.29, 1.82) is 0 Å². The van der Waals surface area contributed by atoms with Gasteiger partial charge in [-0.15, -0.1) is 0 Å². The molecule has 4 atom stereocenters. The molecular formula is C28H22F7N3O3. The third-order valence-electron chi connectivity index (χ3n) is 7.28. The van der Waals surface area contributed by atoms with Crippen LogP contribution in [-0.2, 0) is 21.9 Å². The number of hydrogen-bond acceptors (Lipinski definition) is 5. The molecule has 2 aliphatic heterocycles. The molecule has 2 amide bonds. The zero-order valence-corrected chi connectivity index (χ0v) is 21.0. The number of hydrazine groups is 1. The van der Waals surface area contributed by atoms with E-state index in [2.05, 4.69) is 5.43 Å². The summed E-state index contributed by atoms with van der Waals surface area (Å²) < 4.78 is 95.8. The summed E-state index contributed by atoms with van der Waals surface area (Å²) in [5.41, 5.74) is -1.17. The number of alkyl halides is 6. The first-order valence-electron chi connectivity index (χ1n) is 12.5. The molecule has 4 unspecified atom stereocenters. The lowest BCUT2D eigenvalue weighted by Gasteiger charge is -2.43. The van der Waals surface area contributed by atoms with Crippen LogP contribution >= 0.6 is 0 Å². The largest absolute Gasteiger partial charge is 0.416 e. The van der Waals surface area contributed by atoms with Gasteiger partial charge in [0.25, 0.3) is 5.91 Å². The highest BCUT2D eigenvalue weighted by molar-refractivity contribution is 6.23. The van der Waals surface area contributed by atoms with Crippen LogP contribution < -0.4 is 10.3 Å². The first kappa shape index (κ1) is 28.6. The van der Waals surface area contributed by atoms with Crippen molar-refractivity contribution in [2.45, 2.75) is 43.4 Å². The summed E-state index contributed by atoms with van der Waals surface area (Å²) in [5, 5.41) is 12.4. The number of nitrogens with zero attached hydrogens (tertiary/aromatic N) is 2. The lowest BCUT2D eigenvalue weighted by molar-refractivity contribution is -0.143. The number of aliphatic hydroxyl groups is 1. The second-order valence-electron chi connectivity index (χ2n) is 9.83. The van der Waals surface area contributed by atoms with Gasteiger partial charge in [-0.1, -0.05) is 30.3 Å². The second-order valence-corrected chi connectivity index (χ2v) is 9.83. The van der Waals surface area contributed by atoms with E-state index in [1.807, 2.05) is 0 Å². The molecule has 2 fully saturated rings. The van der Waals surface area contributed by atoms with Crippen molar-refractivity contribution in [2.24, 2.45) is 5.92 Å². The maximum absolute atomic E-state index is 14.7. The Morgan fingerprint density at radius 1 is 0.805 bits per heavy atom. The van der Waals surface area contributed by atoms with Gasteiger partial charge >= 0.3 is 12.4 Å². The average molecular weight is 581 g/mol. The molecule has 3 aromatic carbocycles. The van der Waals surface area contributed by atoms with Crippen LogP contribution in [0.15, 0.2) is 72.8 Å². The molecule has 41 heavy (non-hydrogen) atoms. The van der Waals surface area contributed by atoms with Gasteiger partial charge in [-0.25, -0.2) is 14.3 Å². The van der Waals surface area contributed by atoms with Crippen molar-refractivity contribution in [3.8, 4) is 0 Å². The van der Waals surface area contributed by atoms with Crippen LogP contribution in [0.25, 0.3) is 0 Å². The molecule has 0 radical (unpaired) electrons. The zero-order chi connectivity index (χ0) is 29.7. The summed E-state index contributed by atoms with van der Waals surface area (Å²) in [6, 6.07) is 11.2. The van der Waals surface area contributed by atoms with Gasteiger partial charge < -0.3 is 10.5 Å². The van der Waals surface area contributed by atoms with E-state index >= 15 is 0 Å². The Labute approximate surface area is 228 Å². The molecule has 2 N–H and O–H groups in total. The molecule has 2 saturated heterocycles. The van der Waals surface area contributed by atoms with Crippen molar-refractivity contribution in [1.82, 2.24) is 5.01 Å². The number of halogens is 7. The van der Waals surface area contributed by atoms with Crippen molar-refractivity contribution in [3.63, 3.8) is 0 Å². The summed E-state index contributed by atoms with van der Waals surface area (Å²) in [6.07, 6.45) is -12.4. The topological polar surface area (TPSA) is 72.9 Å². The molecule has 0 saturated carbocycles. The molecule has 6 nitrogen and oxygen atoms in total. The third-order valence-corrected chi connectivity index (χ3v) is 7.28. The Morgan fingerprint density at radius 2 is 1.39 bits per heavy atom. The summed E-state index contributed by atoms with van der Waals surface area (Å²) in [4.78, 5) is 27.9. The van der Waals surface area contributed by atoms with Gasteiger partial charge in [0.2, 0.25) is 5.91 Å². The highest BCUT2D eigenvalue weighted by Gasteiger charge is 2.56. The van der Waals surface area contributed by atoms with E-state index in [1.54, 1.807) is 18.2 Å². The maximum atomic E-state index is 14.7. The number of piperidine rings is 1. The minimum atomic E-state index is -5.15. The summed E-state index contributed by atoms with van der Waals surface area (Å²) in [6.45, 7) is 0. The lowest BCUT2D eigenvalue weighted by atomic mass is 9.84. The average Bonchev–Trinajstić information content (AvgIpc) is 3.18. The molecule has 13 heteroatoms. The molecule has 216 valence electrons. The standard InChI is InChI=1S/C28H22F7N3O3/c29-20-8-4-5-9-21(20)36-38-22(24(39)15-12-16(27(30,31)32)14-17(13-15)28(33,34)35)11-10-19-23(38)26(41)37(25(19)40)18-6-2-1-3-7-18/h1-9,12-14,19,22-24,36,39H,10-11H2. The Bertz CT molecular complexity index is 1430. The lowest BCUT2D eigenvalue weighted by Crippen LogP contribution is -2.57. The molecule has 0 spiro atoms. The number of benzene rings is 3. The van der Waals surface area contributed by atoms with Crippen LogP contribution in [0, 0.1) is 11.7 Å². The van der Waals surface area contributed by atoms with E-state index in [9.17, 15) is 45.4 Å². The van der Waals surface area contributed by atoms with Crippen LogP contribution in [0.1, 0.15) is 35.6 Å². The van der Waals surface area contributed by atoms with Crippen LogP contribution in [0.4, 0.5) is 42.1 Å². The van der Waals surface area contributed by atoms with Gasteiger partial charge in [-0.2, -0.15) is 26.3 Å². The number of aliphatic hydroxyl groups excluding tert-OH is 1. The molecule has 5 rings (SSSR count). The van der Waals surface area contributed by atoms with Crippen molar-refractivity contribution in [2.75, 3.05) is 10.3 Å². The number of fused-ring (bicyclic) bond motifs is 1. The van der Waals surface area contributed by atoms with Gasteiger partial charge in [0.05, 0.1) is 40.6 Å². The summed E-state index contributed by atoms with van der Waals surface area (Å²) in [5.74, 6) is -3.07. The minimum Gasteiger partial charge on any atom is -0.387 e. The fourth-order valence-corrected chi connectivity index (χ4v) is 5.36. The first-order valence-corrected chi connectivity index (χ1v) is 12.5. The Morgan fingerprint density at radius 3 is 1.98 bits per heavy atom. The quantitative estimate of drug-likeness (QED) is 0.288. The van der Waals surface area contributed by atoms with Crippen molar-refractivity contribution >= 4 is 23.2 Å². The number of para-hydroxylation sites is 2. The normalized spacial score (nSPS) is 22.5. The Hall–Kier alpha value is -3.97. The van der Waals surface area contributed by atoms with Gasteiger partial charge in [-0.05, 0) is 60.9 Å². The number of hydrogen-bond donors (Lipinski definition) is 2. The van der Waals surface area contributed by atoms with Crippen molar-refractivity contribution in [3.05, 3.63) is 95.3 Å². The smallest absolute Gasteiger partial charge is 0.387 e. The number of carbonyl (C=O) groups is 2. The van der Waals surface area contributed by atoms with E-state index in [1.165, 1.54) is 30.3 Å². The van der Waals surface area contributed by atoms with Gasteiger partial charge in [0.15, 0.2) is 0 Å². The minimum absolute atomic E-state index is 0.0131. The Kier molecular flexibility index (Phi) is 7.28. The summed E-state index contributed by atoms with van der Waals surface area (Å²) >= 11 is 0. The predicted molar refractivity (Wildman–Crippen MR) is 133 cm³/mol. The van der Waals surface area contributed by atoms with Crippen molar-refractivity contribution < 1.29 is 45.4 Å². The van der Waals surface area contributed by atoms with Crippen LogP contribution in [-0.4, -0.2) is 34.0 Å². The van der Waals surface area contributed by atoms with Gasteiger partial charge in [-0.3, -0.25) is 9.59 Å². The van der Waals surface area contributed by atoms with E-state index in [-0.39, 0.29) is 30.3 Å². The molecule has 2 aliphatic rings. The third kappa shape index (κ3) is 5.38. The van der Waals surface area contributed by atoms with E-state index in [4.69, 9.17) is 0 Å². The second kappa shape index (κ2) is 10.5. The van der Waals surface area contributed by atoms with E-state index in [0.717, 1.165) is 16.0 Å². The molecule has 0 bridgehead atoms. The van der Waals surface area contributed by atoms with Crippen LogP contribution in [0.2, 0.25) is 0 Å². The predicted octanol–water partition coefficient (Wildman–Crippen LogP) is 5.95. The fraction of sp³-hybridized carbons (Fsp3) is 0.286. The van der Waals surface area contributed by atoms with E-state index < -0.39 is 70.8 Å². The van der Waals surface area contributed by atoms with E-state index in [0.29, 0.717) is 12.1 Å².